The van der Waals surface area contributed by atoms with E-state index >= 15 is 0 Å². The quantitative estimate of drug-likeness (QED) is 0.558. The predicted octanol–water partition coefficient (Wildman–Crippen LogP) is 4.45. The zero-order chi connectivity index (χ0) is 17.0. The summed E-state index contributed by atoms with van der Waals surface area (Å²) in [6.45, 7) is 8.36. The van der Waals surface area contributed by atoms with Gasteiger partial charge in [-0.25, -0.2) is 4.79 Å². The van der Waals surface area contributed by atoms with Gasteiger partial charge in [0.2, 0.25) is 0 Å². The monoisotopic (exact) mass is 356 g/mol. The summed E-state index contributed by atoms with van der Waals surface area (Å²) < 4.78 is 17.7. The Bertz CT molecular complexity index is 509. The van der Waals surface area contributed by atoms with E-state index in [9.17, 15) is 4.79 Å². The number of esters is 1. The maximum absolute atomic E-state index is 12.4. The van der Waals surface area contributed by atoms with Gasteiger partial charge in [-0.2, -0.15) is 0 Å². The van der Waals surface area contributed by atoms with Crippen LogP contribution in [0.15, 0.2) is 30.3 Å². The van der Waals surface area contributed by atoms with Gasteiger partial charge in [0, 0.05) is 13.8 Å². The largest absolute Gasteiger partial charge is 0.453 e. The predicted molar refractivity (Wildman–Crippen MR) is 96.6 cm³/mol. The highest BCUT2D eigenvalue weighted by molar-refractivity contribution is 8.10. The number of hydrogen-bond donors (Lipinski definition) is 0. The van der Waals surface area contributed by atoms with E-state index in [0.29, 0.717) is 11.5 Å². The lowest BCUT2D eigenvalue weighted by atomic mass is 9.90. The van der Waals surface area contributed by atoms with Gasteiger partial charge >= 0.3 is 5.97 Å². The highest BCUT2D eigenvalue weighted by atomic mass is 32.0. The van der Waals surface area contributed by atoms with Gasteiger partial charge in [-0.05, 0) is 24.7 Å². The molecule has 6 heteroatoms. The standard InChI is InChI=1S/C17H26O4P2/c1-5-11(2)14-12(3)15(17(20-14)21-23(4)22)19-16(18)13-9-7-6-8-10-13/h6-12,14-15,17H,5,22H2,1-4H3/t11-,12-,14+,15?,17+,23?/m1/s1. The average Bonchev–Trinajstić information content (AvgIpc) is 2.83. The van der Waals surface area contributed by atoms with Gasteiger partial charge in [-0.3, -0.25) is 0 Å². The van der Waals surface area contributed by atoms with Gasteiger partial charge in [-0.15, -0.1) is 0 Å². The maximum atomic E-state index is 12.4. The molecule has 2 rings (SSSR count). The first-order valence-electron chi connectivity index (χ1n) is 8.00. The fraction of sp³-hybridized carbons (Fsp3) is 0.588. The van der Waals surface area contributed by atoms with Crippen molar-refractivity contribution in [3.63, 3.8) is 0 Å². The zero-order valence-corrected chi connectivity index (χ0v) is 16.2. The minimum atomic E-state index is -0.679. The topological polar surface area (TPSA) is 44.8 Å². The third kappa shape index (κ3) is 4.73. The minimum absolute atomic E-state index is 0.0403. The molecule has 1 aliphatic heterocycles. The molecule has 0 bridgehead atoms. The van der Waals surface area contributed by atoms with E-state index in [0.717, 1.165) is 6.42 Å². The second-order valence-electron chi connectivity index (χ2n) is 6.10. The molecule has 0 spiro atoms. The van der Waals surface area contributed by atoms with Crippen LogP contribution in [0.1, 0.15) is 37.6 Å². The molecule has 1 aromatic carbocycles. The molecule has 0 aromatic heterocycles. The molecule has 1 saturated heterocycles. The first-order chi connectivity index (χ1) is 10.9. The molecule has 4 nitrogen and oxygen atoms in total. The number of rotatable bonds is 6. The molecule has 7 atom stereocenters. The van der Waals surface area contributed by atoms with Crippen LogP contribution < -0.4 is 0 Å². The maximum Gasteiger partial charge on any atom is 0.338 e. The molecule has 3 unspecified atom stereocenters. The summed E-state index contributed by atoms with van der Waals surface area (Å²) in [5.74, 6) is 0.167. The number of carbonyl (C=O) groups excluding carboxylic acids is 1. The summed E-state index contributed by atoms with van der Waals surface area (Å²) in [4.78, 5) is 12.4. The smallest absolute Gasteiger partial charge is 0.338 e. The Kier molecular flexibility index (Phi) is 6.98. The molecule has 128 valence electrons. The van der Waals surface area contributed by atoms with Crippen molar-refractivity contribution in [2.45, 2.75) is 45.7 Å². The molecule has 23 heavy (non-hydrogen) atoms. The van der Waals surface area contributed by atoms with E-state index in [1.165, 1.54) is 0 Å². The average molecular weight is 356 g/mol. The van der Waals surface area contributed by atoms with Crippen LogP contribution in [0.5, 0.6) is 0 Å². The van der Waals surface area contributed by atoms with Crippen molar-refractivity contribution in [1.29, 1.82) is 0 Å². The van der Waals surface area contributed by atoms with E-state index < -0.39 is 14.1 Å². The highest BCUT2D eigenvalue weighted by Crippen LogP contribution is 2.47. The van der Waals surface area contributed by atoms with Crippen LogP contribution in [0.25, 0.3) is 0 Å². The van der Waals surface area contributed by atoms with Crippen LogP contribution in [0, 0.1) is 11.8 Å². The fourth-order valence-corrected chi connectivity index (χ4v) is 3.71. The van der Waals surface area contributed by atoms with Crippen LogP contribution >= 0.6 is 16.8 Å². The van der Waals surface area contributed by atoms with Crippen LogP contribution in [-0.2, 0) is 14.0 Å². The Morgan fingerprint density at radius 2 is 2.04 bits per heavy atom. The molecule has 0 radical (unpaired) electrons. The number of ether oxygens (including phenoxy) is 2. The van der Waals surface area contributed by atoms with Crippen LogP contribution in [-0.4, -0.2) is 31.1 Å². The van der Waals surface area contributed by atoms with E-state index in [2.05, 4.69) is 29.7 Å². The van der Waals surface area contributed by atoms with Crippen LogP contribution in [0.3, 0.4) is 0 Å². The van der Waals surface area contributed by atoms with E-state index in [1.807, 2.05) is 24.9 Å². The summed E-state index contributed by atoms with van der Waals surface area (Å²) in [5.41, 5.74) is 0.551. The number of hydrogen-bond acceptors (Lipinski definition) is 4. The molecular weight excluding hydrogens is 330 g/mol. The summed E-state index contributed by atoms with van der Waals surface area (Å²) in [7, 11) is 1.97. The summed E-state index contributed by atoms with van der Waals surface area (Å²) in [6, 6.07) is 9.05. The van der Waals surface area contributed by atoms with Crippen molar-refractivity contribution >= 4 is 22.7 Å². The Hall–Kier alpha value is -0.530. The Morgan fingerprint density at radius 1 is 1.39 bits per heavy atom. The van der Waals surface area contributed by atoms with Crippen molar-refractivity contribution < 1.29 is 18.8 Å². The van der Waals surface area contributed by atoms with Crippen molar-refractivity contribution in [2.24, 2.45) is 11.8 Å². The van der Waals surface area contributed by atoms with Gasteiger partial charge in [0.05, 0.1) is 11.7 Å². The summed E-state index contributed by atoms with van der Waals surface area (Å²) in [6.07, 6.45) is 0.180. The zero-order valence-electron chi connectivity index (χ0n) is 14.1. The van der Waals surface area contributed by atoms with E-state index in [-0.39, 0.29) is 24.1 Å². The molecule has 0 N–H and O–H groups in total. The SMILES string of the molecule is CC[C@@H](C)[C@@H]1O[C@@H](OP(C)P)C(OC(=O)c2ccccc2)[C@@H]1C. The molecule has 1 aliphatic rings. The van der Waals surface area contributed by atoms with E-state index in [4.69, 9.17) is 14.0 Å². The second kappa shape index (κ2) is 8.53. The number of carbonyl (C=O) groups is 1. The Balaban J connectivity index is 2.13. The van der Waals surface area contributed by atoms with Crippen molar-refractivity contribution in [1.82, 2.24) is 0 Å². The minimum Gasteiger partial charge on any atom is -0.453 e. The fourth-order valence-electron chi connectivity index (χ4n) is 2.85. The van der Waals surface area contributed by atoms with E-state index in [1.54, 1.807) is 12.1 Å². The van der Waals surface area contributed by atoms with Gasteiger partial charge in [0.15, 0.2) is 12.4 Å². The van der Waals surface area contributed by atoms with Crippen LogP contribution in [0.2, 0.25) is 0 Å². The Labute approximate surface area is 142 Å². The first-order valence-corrected chi connectivity index (χ1v) is 11.3. The first kappa shape index (κ1) is 18.8. The van der Waals surface area contributed by atoms with Crippen LogP contribution in [0.4, 0.5) is 0 Å². The molecule has 0 saturated carbocycles. The van der Waals surface area contributed by atoms with Gasteiger partial charge in [-0.1, -0.05) is 54.3 Å². The Morgan fingerprint density at radius 3 is 2.61 bits per heavy atom. The lowest BCUT2D eigenvalue weighted by Crippen LogP contribution is -2.33. The molecular formula is C17H26O4P2. The third-order valence-corrected chi connectivity index (χ3v) is 5.23. The van der Waals surface area contributed by atoms with Gasteiger partial charge in [0.1, 0.15) is 0 Å². The highest BCUT2D eigenvalue weighted by Gasteiger charge is 2.47. The third-order valence-electron chi connectivity index (χ3n) is 4.32. The van der Waals surface area contributed by atoms with Crippen molar-refractivity contribution in [3.8, 4) is 0 Å². The lowest BCUT2D eigenvalue weighted by molar-refractivity contribution is -0.115. The molecule has 0 amide bonds. The second-order valence-corrected chi connectivity index (χ2v) is 9.59. The number of benzene rings is 1. The van der Waals surface area contributed by atoms with Gasteiger partial charge in [0.25, 0.3) is 0 Å². The van der Waals surface area contributed by atoms with Gasteiger partial charge < -0.3 is 14.0 Å². The van der Waals surface area contributed by atoms with Crippen molar-refractivity contribution in [2.75, 3.05) is 6.66 Å². The van der Waals surface area contributed by atoms with Crippen molar-refractivity contribution in [3.05, 3.63) is 35.9 Å². The lowest BCUT2D eigenvalue weighted by Gasteiger charge is -2.23. The summed E-state index contributed by atoms with van der Waals surface area (Å²) in [5, 5.41) is 0. The summed E-state index contributed by atoms with van der Waals surface area (Å²) >= 11 is 0. The normalized spacial score (nSPS) is 30.0. The molecule has 0 aliphatic carbocycles. The molecule has 1 heterocycles. The molecule has 1 fully saturated rings. The molecule has 1 aromatic rings.